The third-order valence-electron chi connectivity index (χ3n) is 1.33. The maximum absolute atomic E-state index is 10.9. The van der Waals surface area contributed by atoms with E-state index >= 15 is 0 Å². The van der Waals surface area contributed by atoms with Gasteiger partial charge in [0.2, 0.25) is 0 Å². The summed E-state index contributed by atoms with van der Waals surface area (Å²) in [4.78, 5) is 15.9. The van der Waals surface area contributed by atoms with Crippen LogP contribution >= 0.6 is 0 Å². The van der Waals surface area contributed by atoms with Gasteiger partial charge in [-0.15, -0.1) is 0 Å². The first-order chi connectivity index (χ1) is 4.84. The molecule has 1 saturated heterocycles. The van der Waals surface area contributed by atoms with E-state index in [1.165, 1.54) is 5.06 Å². The Morgan fingerprint density at radius 3 is 3.20 bits per heavy atom. The van der Waals surface area contributed by atoms with Gasteiger partial charge in [0.1, 0.15) is 0 Å². The SMILES string of the molecule is CCON1CCCNC1=O. The van der Waals surface area contributed by atoms with Gasteiger partial charge in [-0.25, -0.2) is 9.86 Å². The van der Waals surface area contributed by atoms with Crippen LogP contribution in [0.15, 0.2) is 0 Å². The monoisotopic (exact) mass is 144 g/mol. The highest BCUT2D eigenvalue weighted by atomic mass is 16.7. The molecule has 10 heavy (non-hydrogen) atoms. The molecule has 0 spiro atoms. The molecule has 0 aromatic carbocycles. The molecule has 1 aliphatic rings. The van der Waals surface area contributed by atoms with Crippen molar-refractivity contribution >= 4 is 6.03 Å². The fourth-order valence-electron chi connectivity index (χ4n) is 0.887. The molecule has 1 heterocycles. The van der Waals surface area contributed by atoms with Crippen molar-refractivity contribution in [3.8, 4) is 0 Å². The summed E-state index contributed by atoms with van der Waals surface area (Å²) in [7, 11) is 0. The number of hydrogen-bond acceptors (Lipinski definition) is 2. The Morgan fingerprint density at radius 2 is 2.60 bits per heavy atom. The largest absolute Gasteiger partial charge is 0.341 e. The van der Waals surface area contributed by atoms with Gasteiger partial charge in [0.05, 0.1) is 13.2 Å². The van der Waals surface area contributed by atoms with Gasteiger partial charge < -0.3 is 5.32 Å². The van der Waals surface area contributed by atoms with Crippen LogP contribution in [0, 0.1) is 0 Å². The maximum atomic E-state index is 10.9. The van der Waals surface area contributed by atoms with Crippen molar-refractivity contribution in [1.82, 2.24) is 10.4 Å². The second-order valence-electron chi connectivity index (χ2n) is 2.11. The zero-order valence-corrected chi connectivity index (χ0v) is 6.09. The molecule has 58 valence electrons. The molecule has 0 aromatic heterocycles. The lowest BCUT2D eigenvalue weighted by Gasteiger charge is -2.25. The smallest absolute Gasteiger partial charge is 0.336 e. The third kappa shape index (κ3) is 1.60. The van der Waals surface area contributed by atoms with Crippen LogP contribution in [0.1, 0.15) is 13.3 Å². The Balaban J connectivity index is 2.32. The maximum Gasteiger partial charge on any atom is 0.341 e. The van der Waals surface area contributed by atoms with Crippen LogP contribution in [0.2, 0.25) is 0 Å². The standard InChI is InChI=1S/C6H12N2O2/c1-2-10-8-5-3-4-7-6(8)9/h2-5H2,1H3,(H,7,9). The van der Waals surface area contributed by atoms with E-state index in [0.717, 1.165) is 13.0 Å². The number of rotatable bonds is 2. The topological polar surface area (TPSA) is 41.6 Å². The minimum absolute atomic E-state index is 0.117. The average molecular weight is 144 g/mol. The number of carbonyl (C=O) groups excluding carboxylic acids is 1. The second kappa shape index (κ2) is 3.41. The zero-order chi connectivity index (χ0) is 7.40. The highest BCUT2D eigenvalue weighted by Crippen LogP contribution is 1.98. The Kier molecular flexibility index (Phi) is 2.50. The number of urea groups is 1. The fraction of sp³-hybridized carbons (Fsp3) is 0.833. The van der Waals surface area contributed by atoms with Crippen molar-refractivity contribution in [1.29, 1.82) is 0 Å². The van der Waals surface area contributed by atoms with Crippen LogP contribution in [-0.2, 0) is 4.84 Å². The predicted octanol–water partition coefficient (Wildman–Crippen LogP) is 0.353. The summed E-state index contributed by atoms with van der Waals surface area (Å²) in [6.45, 7) is 3.89. The Morgan fingerprint density at radius 1 is 1.80 bits per heavy atom. The molecule has 0 radical (unpaired) electrons. The van der Waals surface area contributed by atoms with Gasteiger partial charge in [0, 0.05) is 6.54 Å². The van der Waals surface area contributed by atoms with Gasteiger partial charge in [-0.05, 0) is 13.3 Å². The molecule has 0 aliphatic carbocycles. The molecule has 1 N–H and O–H groups in total. The molecule has 0 aromatic rings. The van der Waals surface area contributed by atoms with E-state index in [4.69, 9.17) is 4.84 Å². The summed E-state index contributed by atoms with van der Waals surface area (Å²) in [6, 6.07) is -0.117. The van der Waals surface area contributed by atoms with E-state index in [1.807, 2.05) is 6.92 Å². The zero-order valence-electron chi connectivity index (χ0n) is 6.09. The number of nitrogens with zero attached hydrogens (tertiary/aromatic N) is 1. The first-order valence-corrected chi connectivity index (χ1v) is 3.53. The van der Waals surface area contributed by atoms with Gasteiger partial charge in [-0.1, -0.05) is 0 Å². The molecule has 0 bridgehead atoms. The number of carbonyl (C=O) groups is 1. The number of hydrogen-bond donors (Lipinski definition) is 1. The van der Waals surface area contributed by atoms with Gasteiger partial charge in [-0.2, -0.15) is 0 Å². The van der Waals surface area contributed by atoms with Crippen LogP contribution in [0.5, 0.6) is 0 Å². The second-order valence-corrected chi connectivity index (χ2v) is 2.11. The van der Waals surface area contributed by atoms with Crippen LogP contribution in [0.3, 0.4) is 0 Å². The summed E-state index contributed by atoms with van der Waals surface area (Å²) in [6.07, 6.45) is 0.964. The van der Waals surface area contributed by atoms with Crippen molar-refractivity contribution in [3.63, 3.8) is 0 Å². The Hall–Kier alpha value is -0.770. The summed E-state index contributed by atoms with van der Waals surface area (Å²) in [5, 5.41) is 4.04. The van der Waals surface area contributed by atoms with Gasteiger partial charge >= 0.3 is 6.03 Å². The van der Waals surface area contributed by atoms with E-state index in [2.05, 4.69) is 5.32 Å². The lowest BCUT2D eigenvalue weighted by molar-refractivity contribution is -0.117. The molecule has 1 fully saturated rings. The highest BCUT2D eigenvalue weighted by molar-refractivity contribution is 5.73. The molecular formula is C6H12N2O2. The highest BCUT2D eigenvalue weighted by Gasteiger charge is 2.16. The molecule has 1 rings (SSSR count). The van der Waals surface area contributed by atoms with Crippen molar-refractivity contribution in [3.05, 3.63) is 0 Å². The Bertz CT molecular complexity index is 125. The quantitative estimate of drug-likeness (QED) is 0.607. The van der Waals surface area contributed by atoms with E-state index in [-0.39, 0.29) is 6.03 Å². The molecule has 1 aliphatic heterocycles. The molecular weight excluding hydrogens is 132 g/mol. The molecule has 4 nitrogen and oxygen atoms in total. The van der Waals surface area contributed by atoms with Crippen molar-refractivity contribution < 1.29 is 9.63 Å². The van der Waals surface area contributed by atoms with Gasteiger partial charge in [0.25, 0.3) is 0 Å². The molecule has 4 heteroatoms. The predicted molar refractivity (Wildman–Crippen MR) is 36.3 cm³/mol. The summed E-state index contributed by atoms with van der Waals surface area (Å²) in [5.74, 6) is 0. The van der Waals surface area contributed by atoms with E-state index < -0.39 is 0 Å². The molecule has 0 saturated carbocycles. The number of nitrogens with one attached hydrogen (secondary N) is 1. The average Bonchev–Trinajstić information content (AvgIpc) is 1.94. The Labute approximate surface area is 60.1 Å². The lowest BCUT2D eigenvalue weighted by atomic mass is 10.4. The summed E-state index contributed by atoms with van der Waals surface area (Å²) < 4.78 is 0. The van der Waals surface area contributed by atoms with E-state index in [9.17, 15) is 4.79 Å². The van der Waals surface area contributed by atoms with Crippen molar-refractivity contribution in [2.45, 2.75) is 13.3 Å². The van der Waals surface area contributed by atoms with Crippen molar-refractivity contribution in [2.24, 2.45) is 0 Å². The molecule has 0 unspecified atom stereocenters. The van der Waals surface area contributed by atoms with E-state index in [0.29, 0.717) is 13.2 Å². The normalized spacial score (nSPS) is 18.9. The summed E-state index contributed by atoms with van der Waals surface area (Å²) in [5.41, 5.74) is 0. The summed E-state index contributed by atoms with van der Waals surface area (Å²) >= 11 is 0. The van der Waals surface area contributed by atoms with Crippen LogP contribution in [0.4, 0.5) is 4.79 Å². The first kappa shape index (κ1) is 7.34. The van der Waals surface area contributed by atoms with Gasteiger partial charge in [0.15, 0.2) is 0 Å². The molecule has 2 amide bonds. The van der Waals surface area contributed by atoms with Crippen LogP contribution < -0.4 is 5.32 Å². The van der Waals surface area contributed by atoms with E-state index in [1.54, 1.807) is 0 Å². The van der Waals surface area contributed by atoms with Gasteiger partial charge in [-0.3, -0.25) is 4.84 Å². The minimum atomic E-state index is -0.117. The van der Waals surface area contributed by atoms with Crippen molar-refractivity contribution in [2.75, 3.05) is 19.7 Å². The molecule has 0 atom stereocenters. The minimum Gasteiger partial charge on any atom is -0.336 e. The fourth-order valence-corrected chi connectivity index (χ4v) is 0.887. The number of amides is 2. The lowest BCUT2D eigenvalue weighted by Crippen LogP contribution is -2.46. The van der Waals surface area contributed by atoms with Crippen LogP contribution in [-0.4, -0.2) is 30.8 Å². The third-order valence-corrected chi connectivity index (χ3v) is 1.33. The first-order valence-electron chi connectivity index (χ1n) is 3.53. The number of hydroxylamine groups is 2. The van der Waals surface area contributed by atoms with Crippen LogP contribution in [0.25, 0.3) is 0 Å².